The molecular formula is C36H58O5S. The zero-order valence-corrected chi connectivity index (χ0v) is 28.1. The van der Waals surface area contributed by atoms with Crippen molar-refractivity contribution in [3.8, 4) is 0 Å². The molecule has 10 atom stereocenters. The van der Waals surface area contributed by atoms with Crippen LogP contribution in [-0.2, 0) is 14.6 Å². The maximum Gasteiger partial charge on any atom is 0.181 e. The van der Waals surface area contributed by atoms with Gasteiger partial charge in [0.2, 0.25) is 0 Å². The number of fused-ring (bicyclic) bond motifs is 1. The third-order valence-corrected chi connectivity index (χ3v) is 14.7. The Balaban J connectivity index is 1.65. The highest BCUT2D eigenvalue weighted by Crippen LogP contribution is 2.60. The summed E-state index contributed by atoms with van der Waals surface area (Å²) in [6, 6.07) is 8.82. The highest BCUT2D eigenvalue weighted by Gasteiger charge is 2.54. The van der Waals surface area contributed by atoms with Crippen LogP contribution in [-0.4, -0.2) is 48.3 Å². The molecule has 0 bridgehead atoms. The lowest BCUT2D eigenvalue weighted by atomic mass is 9.48. The molecule has 3 aliphatic rings. The van der Waals surface area contributed by atoms with E-state index in [1.54, 1.807) is 24.3 Å². The van der Waals surface area contributed by atoms with Gasteiger partial charge in [0.25, 0.3) is 0 Å². The molecule has 1 saturated carbocycles. The van der Waals surface area contributed by atoms with Gasteiger partial charge in [-0.1, -0.05) is 77.8 Å². The fraction of sp³-hybridized carbons (Fsp3) is 0.778. The lowest BCUT2D eigenvalue weighted by Gasteiger charge is -2.57. The van der Waals surface area contributed by atoms with Crippen LogP contribution < -0.4 is 0 Å². The molecule has 0 amide bonds. The molecule has 1 saturated heterocycles. The summed E-state index contributed by atoms with van der Waals surface area (Å²) in [6.45, 7) is 16.2. The van der Waals surface area contributed by atoms with E-state index in [0.29, 0.717) is 41.6 Å². The molecule has 6 heteroatoms. The Morgan fingerprint density at radius 2 is 1.76 bits per heavy atom. The minimum absolute atomic E-state index is 0.00681. The first-order valence-electron chi connectivity index (χ1n) is 16.7. The van der Waals surface area contributed by atoms with Crippen LogP contribution in [0, 0.1) is 40.9 Å². The molecule has 0 radical (unpaired) electrons. The van der Waals surface area contributed by atoms with Crippen molar-refractivity contribution in [2.24, 2.45) is 40.9 Å². The molecule has 2 fully saturated rings. The second kappa shape index (κ2) is 13.0. The molecule has 4 rings (SSSR count). The average molecular weight is 603 g/mol. The van der Waals surface area contributed by atoms with Gasteiger partial charge < -0.3 is 14.9 Å². The summed E-state index contributed by atoms with van der Waals surface area (Å²) in [5.74, 6) is 2.21. The van der Waals surface area contributed by atoms with Gasteiger partial charge in [0.1, 0.15) is 0 Å². The van der Waals surface area contributed by atoms with Crippen molar-refractivity contribution in [2.45, 2.75) is 128 Å². The van der Waals surface area contributed by atoms with Crippen LogP contribution in [0.4, 0.5) is 0 Å². The van der Waals surface area contributed by atoms with Gasteiger partial charge in [-0.25, -0.2) is 8.42 Å². The normalized spacial score (nSPS) is 35.5. The van der Waals surface area contributed by atoms with Crippen LogP contribution in [0.3, 0.4) is 0 Å². The summed E-state index contributed by atoms with van der Waals surface area (Å²) in [7, 11) is -3.67. The molecule has 0 aromatic heterocycles. The predicted octanol–water partition coefficient (Wildman–Crippen LogP) is 7.61. The molecule has 2 N–H and O–H groups in total. The molecule has 0 spiro atoms. The summed E-state index contributed by atoms with van der Waals surface area (Å²) in [4.78, 5) is 0.344. The summed E-state index contributed by atoms with van der Waals surface area (Å²) in [5.41, 5.74) is -0.321. The molecule has 5 nitrogen and oxygen atoms in total. The van der Waals surface area contributed by atoms with Crippen molar-refractivity contribution < 1.29 is 23.4 Å². The second-order valence-corrected chi connectivity index (χ2v) is 16.9. The van der Waals surface area contributed by atoms with E-state index in [4.69, 9.17) is 4.74 Å². The maximum absolute atomic E-state index is 14.3. The quantitative estimate of drug-likeness (QED) is 0.241. The highest BCUT2D eigenvalue weighted by atomic mass is 32.2. The molecular weight excluding hydrogens is 544 g/mol. The van der Waals surface area contributed by atoms with Crippen molar-refractivity contribution in [2.75, 3.05) is 13.2 Å². The number of benzene rings is 1. The van der Waals surface area contributed by atoms with Crippen LogP contribution in [0.15, 0.2) is 46.9 Å². The maximum atomic E-state index is 14.3. The SMILES string of the molecule is CC[C@H]1C(C[C@](C)(O)CC)=CC[C@@H]2[C@@H]1CC[C@](C)([C@H](C)[C@H](C)C(CC1(O)CCOC1)S(=O)(=O)c1ccccc1)[C@H]2CC. The molecule has 42 heavy (non-hydrogen) atoms. The van der Waals surface area contributed by atoms with Gasteiger partial charge in [0, 0.05) is 13.0 Å². The minimum Gasteiger partial charge on any atom is -0.390 e. The van der Waals surface area contributed by atoms with Crippen molar-refractivity contribution >= 4 is 9.84 Å². The number of ether oxygens (including phenoxy) is 1. The minimum atomic E-state index is -3.67. The average Bonchev–Trinajstić information content (AvgIpc) is 3.41. The van der Waals surface area contributed by atoms with E-state index < -0.39 is 26.3 Å². The Morgan fingerprint density at radius 3 is 2.33 bits per heavy atom. The highest BCUT2D eigenvalue weighted by molar-refractivity contribution is 7.92. The Hall–Kier alpha value is -1.21. The molecule has 1 aliphatic heterocycles. The second-order valence-electron chi connectivity index (χ2n) is 14.7. The number of sulfone groups is 1. The van der Waals surface area contributed by atoms with E-state index in [9.17, 15) is 18.6 Å². The lowest BCUT2D eigenvalue weighted by molar-refractivity contribution is -0.0624. The fourth-order valence-corrected chi connectivity index (χ4v) is 11.5. The van der Waals surface area contributed by atoms with Gasteiger partial charge in [-0.05, 0) is 105 Å². The van der Waals surface area contributed by atoms with Gasteiger partial charge in [-0.15, -0.1) is 0 Å². The monoisotopic (exact) mass is 602 g/mol. The number of allylic oxidation sites excluding steroid dienone is 1. The summed E-state index contributed by atoms with van der Waals surface area (Å²) in [5, 5.41) is 21.6. The zero-order chi connectivity index (χ0) is 30.9. The van der Waals surface area contributed by atoms with Crippen molar-refractivity contribution in [3.63, 3.8) is 0 Å². The molecule has 238 valence electrons. The molecule has 1 aromatic carbocycles. The molecule has 2 aliphatic carbocycles. The smallest absolute Gasteiger partial charge is 0.181 e. The Morgan fingerprint density at radius 1 is 1.07 bits per heavy atom. The molecule has 2 unspecified atom stereocenters. The summed E-state index contributed by atoms with van der Waals surface area (Å²) in [6.07, 6.45) is 10.1. The summed E-state index contributed by atoms with van der Waals surface area (Å²) >= 11 is 0. The van der Waals surface area contributed by atoms with E-state index in [1.165, 1.54) is 5.57 Å². The Bertz CT molecular complexity index is 1170. The summed E-state index contributed by atoms with van der Waals surface area (Å²) < 4.78 is 34.1. The third kappa shape index (κ3) is 6.57. The van der Waals surface area contributed by atoms with Crippen LogP contribution in [0.1, 0.15) is 106 Å². The van der Waals surface area contributed by atoms with Gasteiger partial charge in [-0.3, -0.25) is 0 Å². The van der Waals surface area contributed by atoms with Gasteiger partial charge >= 0.3 is 0 Å². The first-order chi connectivity index (χ1) is 19.7. The number of aliphatic hydroxyl groups is 2. The third-order valence-electron chi connectivity index (χ3n) is 12.4. The van der Waals surface area contributed by atoms with Gasteiger partial charge in [0.05, 0.1) is 28.0 Å². The topological polar surface area (TPSA) is 83.8 Å². The largest absolute Gasteiger partial charge is 0.390 e. The first kappa shape index (κ1) is 33.7. The van der Waals surface area contributed by atoms with E-state index in [1.807, 2.05) is 13.0 Å². The van der Waals surface area contributed by atoms with Gasteiger partial charge in [-0.2, -0.15) is 0 Å². The van der Waals surface area contributed by atoms with Crippen molar-refractivity contribution in [1.82, 2.24) is 0 Å². The Kier molecular flexibility index (Phi) is 10.4. The van der Waals surface area contributed by atoms with Crippen LogP contribution in [0.25, 0.3) is 0 Å². The first-order valence-corrected chi connectivity index (χ1v) is 18.3. The van der Waals surface area contributed by atoms with Crippen LogP contribution in [0.2, 0.25) is 0 Å². The van der Waals surface area contributed by atoms with Crippen molar-refractivity contribution in [1.29, 1.82) is 0 Å². The van der Waals surface area contributed by atoms with Crippen LogP contribution in [0.5, 0.6) is 0 Å². The van der Waals surface area contributed by atoms with E-state index in [-0.39, 0.29) is 30.3 Å². The zero-order valence-electron chi connectivity index (χ0n) is 27.3. The Labute approximate surface area is 256 Å². The number of hydrogen-bond acceptors (Lipinski definition) is 5. The number of rotatable bonds is 12. The van der Waals surface area contributed by atoms with E-state index in [2.05, 4.69) is 47.6 Å². The molecule has 1 aromatic rings. The molecule has 1 heterocycles. The predicted molar refractivity (Wildman–Crippen MR) is 171 cm³/mol. The number of hydrogen-bond donors (Lipinski definition) is 2. The lowest BCUT2D eigenvalue weighted by Crippen LogP contribution is -2.51. The van der Waals surface area contributed by atoms with Gasteiger partial charge in [0.15, 0.2) is 9.84 Å². The standard InChI is InChI=1S/C36H58O5S/c1-8-29-27(22-34(6,37)10-3)16-17-31-30(29)18-19-35(7,32(31)9-2)26(5)25(4)33(23-36(38)20-21-41-24-36)42(39,40)28-14-12-11-13-15-28/h11-16,25-26,29-33,37-38H,8-10,17-24H2,1-7H3/t25-,26+,29-,30+,31+,32-,33?,34+,35+,36?/m0/s1. The van der Waals surface area contributed by atoms with Crippen LogP contribution >= 0.6 is 0 Å². The fourth-order valence-electron chi connectivity index (χ4n) is 9.30. The van der Waals surface area contributed by atoms with E-state index in [0.717, 1.165) is 44.9 Å². The van der Waals surface area contributed by atoms with E-state index >= 15 is 0 Å². The van der Waals surface area contributed by atoms with Crippen molar-refractivity contribution in [3.05, 3.63) is 42.0 Å².